The first-order valence-electron chi connectivity index (χ1n) is 14.8. The minimum Gasteiger partial charge on any atom is -0.497 e. The van der Waals surface area contributed by atoms with Crippen LogP contribution in [0.4, 0.5) is 0 Å². The predicted octanol–water partition coefficient (Wildman–Crippen LogP) is 8.75. The van der Waals surface area contributed by atoms with Crippen molar-refractivity contribution in [3.63, 3.8) is 0 Å². The SMILES string of the molecule is CCCCCCCC/C=C\CCCCCCCC(=O)N1CCC[C@@H]1Cc1c[nH]c2ccc(OC)cc12. The molecule has 4 heteroatoms. The summed E-state index contributed by atoms with van der Waals surface area (Å²) in [5.41, 5.74) is 2.42. The van der Waals surface area contributed by atoms with Crippen molar-refractivity contribution in [2.45, 2.75) is 122 Å². The van der Waals surface area contributed by atoms with Crippen LogP contribution in [0.25, 0.3) is 10.9 Å². The van der Waals surface area contributed by atoms with Gasteiger partial charge in [-0.2, -0.15) is 0 Å². The number of unbranched alkanes of at least 4 members (excludes halogenated alkanes) is 11. The molecule has 1 amide bonds. The van der Waals surface area contributed by atoms with Gasteiger partial charge in [0.2, 0.25) is 5.91 Å². The van der Waals surface area contributed by atoms with E-state index in [2.05, 4.69) is 47.3 Å². The molecule has 2 aromatic rings. The van der Waals surface area contributed by atoms with Crippen LogP contribution in [0.3, 0.4) is 0 Å². The minimum absolute atomic E-state index is 0.325. The topological polar surface area (TPSA) is 45.3 Å². The lowest BCUT2D eigenvalue weighted by Gasteiger charge is -2.25. The number of carbonyl (C=O) groups is 1. The summed E-state index contributed by atoms with van der Waals surface area (Å²) in [6.07, 6.45) is 27.5. The van der Waals surface area contributed by atoms with Gasteiger partial charge in [0.1, 0.15) is 5.75 Å². The van der Waals surface area contributed by atoms with Gasteiger partial charge >= 0.3 is 0 Å². The maximum absolute atomic E-state index is 13.0. The summed E-state index contributed by atoms with van der Waals surface area (Å²) in [5, 5.41) is 1.21. The highest BCUT2D eigenvalue weighted by atomic mass is 16.5. The molecule has 1 aliphatic heterocycles. The molecule has 0 spiro atoms. The maximum atomic E-state index is 13.0. The van der Waals surface area contributed by atoms with Crippen LogP contribution in [0.2, 0.25) is 0 Å². The summed E-state index contributed by atoms with van der Waals surface area (Å²) in [7, 11) is 1.71. The first-order valence-corrected chi connectivity index (χ1v) is 14.8. The Bertz CT molecular complexity index is 916. The summed E-state index contributed by atoms with van der Waals surface area (Å²) in [5.74, 6) is 1.24. The number of hydrogen-bond donors (Lipinski definition) is 1. The Labute approximate surface area is 219 Å². The van der Waals surface area contributed by atoms with Crippen LogP contribution in [-0.2, 0) is 11.2 Å². The van der Waals surface area contributed by atoms with Crippen LogP contribution in [0.1, 0.15) is 115 Å². The van der Waals surface area contributed by atoms with E-state index in [1.165, 1.54) is 88.0 Å². The summed E-state index contributed by atoms with van der Waals surface area (Å²) < 4.78 is 5.41. The van der Waals surface area contributed by atoms with E-state index < -0.39 is 0 Å². The Hall–Kier alpha value is -2.23. The van der Waals surface area contributed by atoms with Gasteiger partial charge in [-0.3, -0.25) is 4.79 Å². The Balaban J connectivity index is 1.26. The highest BCUT2D eigenvalue weighted by molar-refractivity contribution is 5.85. The van der Waals surface area contributed by atoms with Crippen LogP contribution in [0, 0.1) is 0 Å². The number of amides is 1. The van der Waals surface area contributed by atoms with Gasteiger partial charge in [0.05, 0.1) is 7.11 Å². The van der Waals surface area contributed by atoms with Crippen molar-refractivity contribution in [2.24, 2.45) is 0 Å². The monoisotopic (exact) mass is 494 g/mol. The highest BCUT2D eigenvalue weighted by Crippen LogP contribution is 2.28. The van der Waals surface area contributed by atoms with Crippen LogP contribution in [0.5, 0.6) is 5.75 Å². The maximum Gasteiger partial charge on any atom is 0.222 e. The van der Waals surface area contributed by atoms with Crippen molar-refractivity contribution in [1.82, 2.24) is 9.88 Å². The van der Waals surface area contributed by atoms with Crippen LogP contribution >= 0.6 is 0 Å². The van der Waals surface area contributed by atoms with Gasteiger partial charge < -0.3 is 14.6 Å². The minimum atomic E-state index is 0.325. The molecule has 3 rings (SSSR count). The number of nitrogens with one attached hydrogen (secondary N) is 1. The molecule has 4 nitrogen and oxygen atoms in total. The van der Waals surface area contributed by atoms with Crippen molar-refractivity contribution in [2.75, 3.05) is 13.7 Å². The van der Waals surface area contributed by atoms with Gasteiger partial charge in [-0.1, -0.05) is 70.4 Å². The molecule has 1 aromatic heterocycles. The van der Waals surface area contributed by atoms with Crippen molar-refractivity contribution >= 4 is 16.8 Å². The van der Waals surface area contributed by atoms with E-state index in [0.717, 1.165) is 43.5 Å². The number of H-pyrrole nitrogens is 1. The number of benzene rings is 1. The standard InChI is InChI=1S/C32H50N2O2/c1-3-4-5-6-7-8-9-10-11-12-13-14-15-16-17-20-32(35)34-23-18-19-28(34)24-27-26-33-31-22-21-29(36-2)25-30(27)31/h10-11,21-22,25-26,28,33H,3-9,12-20,23-24H2,1-2H3/b11-10-/t28-/m1/s1. The van der Waals surface area contributed by atoms with Gasteiger partial charge in [-0.05, 0) is 75.1 Å². The molecular weight excluding hydrogens is 444 g/mol. The molecule has 1 fully saturated rings. The van der Waals surface area contributed by atoms with Gasteiger partial charge in [0.25, 0.3) is 0 Å². The summed E-state index contributed by atoms with van der Waals surface area (Å²) in [6, 6.07) is 6.49. The third-order valence-electron chi connectivity index (χ3n) is 7.78. The van der Waals surface area contributed by atoms with E-state index in [9.17, 15) is 4.79 Å². The lowest BCUT2D eigenvalue weighted by molar-refractivity contribution is -0.132. The molecule has 1 aliphatic rings. The third-order valence-corrected chi connectivity index (χ3v) is 7.78. The van der Waals surface area contributed by atoms with E-state index in [1.807, 2.05) is 6.07 Å². The number of methoxy groups -OCH3 is 1. The Kier molecular flexibility index (Phi) is 13.0. The largest absolute Gasteiger partial charge is 0.497 e. The van der Waals surface area contributed by atoms with E-state index in [-0.39, 0.29) is 0 Å². The summed E-state index contributed by atoms with van der Waals surface area (Å²) >= 11 is 0. The molecule has 0 saturated carbocycles. The number of aromatic nitrogens is 1. The van der Waals surface area contributed by atoms with Gasteiger partial charge in [-0.25, -0.2) is 0 Å². The second kappa shape index (κ2) is 16.5. The number of nitrogens with zero attached hydrogens (tertiary/aromatic N) is 1. The zero-order chi connectivity index (χ0) is 25.4. The number of carbonyl (C=O) groups excluding carboxylic acids is 1. The highest BCUT2D eigenvalue weighted by Gasteiger charge is 2.29. The smallest absolute Gasteiger partial charge is 0.222 e. The molecule has 0 aliphatic carbocycles. The number of rotatable bonds is 18. The first kappa shape index (κ1) is 28.3. The fraction of sp³-hybridized carbons (Fsp3) is 0.656. The Morgan fingerprint density at radius 1 is 1.00 bits per heavy atom. The molecule has 0 radical (unpaired) electrons. The van der Waals surface area contributed by atoms with Crippen LogP contribution in [-0.4, -0.2) is 35.5 Å². The lowest BCUT2D eigenvalue weighted by Crippen LogP contribution is -2.36. The first-order chi connectivity index (χ1) is 17.7. The number of allylic oxidation sites excluding steroid dienone is 2. The quantitative estimate of drug-likeness (QED) is 0.166. The molecule has 1 saturated heterocycles. The van der Waals surface area contributed by atoms with Crippen molar-refractivity contribution in [3.8, 4) is 5.75 Å². The average molecular weight is 495 g/mol. The fourth-order valence-electron chi connectivity index (χ4n) is 5.57. The second-order valence-corrected chi connectivity index (χ2v) is 10.6. The summed E-state index contributed by atoms with van der Waals surface area (Å²) in [4.78, 5) is 18.5. The number of ether oxygens (including phenoxy) is 1. The number of aromatic amines is 1. The van der Waals surface area contributed by atoms with Gasteiger partial charge in [0, 0.05) is 36.1 Å². The second-order valence-electron chi connectivity index (χ2n) is 10.6. The van der Waals surface area contributed by atoms with Gasteiger partial charge in [-0.15, -0.1) is 0 Å². The zero-order valence-electron chi connectivity index (χ0n) is 23.0. The molecule has 2 heterocycles. The third kappa shape index (κ3) is 9.33. The van der Waals surface area contributed by atoms with E-state index >= 15 is 0 Å². The number of hydrogen-bond acceptors (Lipinski definition) is 2. The van der Waals surface area contributed by atoms with Gasteiger partial charge in [0.15, 0.2) is 0 Å². The van der Waals surface area contributed by atoms with E-state index in [1.54, 1.807) is 7.11 Å². The van der Waals surface area contributed by atoms with Crippen molar-refractivity contribution in [1.29, 1.82) is 0 Å². The molecule has 1 aromatic carbocycles. The Morgan fingerprint density at radius 3 is 2.42 bits per heavy atom. The zero-order valence-corrected chi connectivity index (χ0v) is 23.0. The molecular formula is C32H50N2O2. The molecule has 200 valence electrons. The number of fused-ring (bicyclic) bond motifs is 1. The molecule has 36 heavy (non-hydrogen) atoms. The predicted molar refractivity (Wildman–Crippen MR) is 153 cm³/mol. The van der Waals surface area contributed by atoms with Crippen molar-refractivity contribution in [3.05, 3.63) is 42.1 Å². The lowest BCUT2D eigenvalue weighted by atomic mass is 10.0. The Morgan fingerprint density at radius 2 is 1.69 bits per heavy atom. The van der Waals surface area contributed by atoms with Crippen LogP contribution < -0.4 is 4.74 Å². The normalized spacial score (nSPS) is 15.9. The molecule has 0 bridgehead atoms. The van der Waals surface area contributed by atoms with E-state index in [4.69, 9.17) is 4.74 Å². The molecule has 1 N–H and O–H groups in total. The van der Waals surface area contributed by atoms with Crippen LogP contribution in [0.15, 0.2) is 36.5 Å². The fourth-order valence-corrected chi connectivity index (χ4v) is 5.57. The van der Waals surface area contributed by atoms with E-state index in [0.29, 0.717) is 18.4 Å². The van der Waals surface area contributed by atoms with Crippen molar-refractivity contribution < 1.29 is 9.53 Å². The molecule has 0 unspecified atom stereocenters. The molecule has 1 atom stereocenters. The summed E-state index contributed by atoms with van der Waals surface area (Å²) in [6.45, 7) is 3.19. The average Bonchev–Trinajstić information content (AvgIpc) is 3.53. The number of likely N-dealkylation sites (tertiary alicyclic amines) is 1.